The predicted octanol–water partition coefficient (Wildman–Crippen LogP) is 2.50. The van der Waals surface area contributed by atoms with Gasteiger partial charge in [0.2, 0.25) is 0 Å². The summed E-state index contributed by atoms with van der Waals surface area (Å²) in [5.41, 5.74) is 0.625. The van der Waals surface area contributed by atoms with Gasteiger partial charge in [-0.25, -0.2) is 0 Å². The molecule has 0 heterocycles. The van der Waals surface area contributed by atoms with E-state index in [2.05, 4.69) is 5.32 Å². The molecule has 1 N–H and O–H groups in total. The quantitative estimate of drug-likeness (QED) is 0.709. The summed E-state index contributed by atoms with van der Waals surface area (Å²) >= 11 is -2.07. The number of halogens is 2. The summed E-state index contributed by atoms with van der Waals surface area (Å²) in [5, 5.41) is 2.64. The molecule has 8 heteroatoms. The van der Waals surface area contributed by atoms with Crippen LogP contribution in [0.2, 0.25) is 0 Å². The third kappa shape index (κ3) is 5.42. The van der Waals surface area contributed by atoms with Crippen molar-refractivity contribution >= 4 is 33.8 Å². The fraction of sp³-hybridized carbons (Fsp3) is 0.417. The van der Waals surface area contributed by atoms with Crippen LogP contribution in [0.15, 0.2) is 23.1 Å². The molecule has 0 bridgehead atoms. The number of rotatable bonds is 6. The van der Waals surface area contributed by atoms with Gasteiger partial charge in [-0.15, -0.1) is 0 Å². The third-order valence-corrected chi connectivity index (χ3v) is 5.70. The van der Waals surface area contributed by atoms with Crippen molar-refractivity contribution in [2.24, 2.45) is 0 Å². The van der Waals surface area contributed by atoms with Crippen molar-refractivity contribution in [3.05, 3.63) is 23.8 Å². The van der Waals surface area contributed by atoms with Gasteiger partial charge in [0.1, 0.15) is 0 Å². The molecule has 116 valence electrons. The number of benzene rings is 1. The van der Waals surface area contributed by atoms with Crippen molar-refractivity contribution in [2.45, 2.75) is 24.8 Å². The van der Waals surface area contributed by atoms with Gasteiger partial charge in [0.05, 0.1) is 0 Å². The summed E-state index contributed by atoms with van der Waals surface area (Å²) in [7, 11) is 9.98. The summed E-state index contributed by atoms with van der Waals surface area (Å²) in [5.74, 6) is 0.461. The fourth-order valence-electron chi connectivity index (χ4n) is 1.52. The van der Waals surface area contributed by atoms with Gasteiger partial charge < -0.3 is 0 Å². The van der Waals surface area contributed by atoms with Gasteiger partial charge in [0, 0.05) is 0 Å². The summed E-state index contributed by atoms with van der Waals surface area (Å²) < 4.78 is 31.4. The van der Waals surface area contributed by atoms with E-state index in [4.69, 9.17) is 24.1 Å². The molecule has 1 aromatic rings. The van der Waals surface area contributed by atoms with Crippen LogP contribution in [0.4, 0.5) is 0 Å². The zero-order valence-corrected chi connectivity index (χ0v) is 15.4. The second-order valence-electron chi connectivity index (χ2n) is 4.29. The Morgan fingerprint density at radius 2 is 2.05 bits per heavy atom. The topological polar surface area (TPSA) is 55.4 Å². The maximum atomic E-state index is 12.0. The van der Waals surface area contributed by atoms with Crippen molar-refractivity contribution in [2.75, 3.05) is 12.9 Å². The number of sulfone groups is 1. The number of hydrogen-bond acceptors (Lipinski definition) is 4. The number of hydrogen-bond donors (Lipinski definition) is 1. The first kappa shape index (κ1) is 18.1. The van der Waals surface area contributed by atoms with Crippen LogP contribution in [-0.2, 0) is 23.4 Å². The Morgan fingerprint density at radius 3 is 2.55 bits per heavy atom. The van der Waals surface area contributed by atoms with Crippen LogP contribution in [0.5, 0.6) is 5.75 Å². The first-order valence-corrected chi connectivity index (χ1v) is 12.9. The zero-order valence-electron chi connectivity index (χ0n) is 11.3. The fourth-order valence-corrected chi connectivity index (χ4v) is 4.43. The van der Waals surface area contributed by atoms with E-state index in [0.717, 1.165) is 0 Å². The second kappa shape index (κ2) is 7.85. The van der Waals surface area contributed by atoms with E-state index >= 15 is 0 Å². The summed E-state index contributed by atoms with van der Waals surface area (Å²) in [4.78, 5) is 0.220. The molecule has 0 saturated heterocycles. The van der Waals surface area contributed by atoms with E-state index in [9.17, 15) is 8.42 Å². The van der Waals surface area contributed by atoms with E-state index < -0.39 is 23.4 Å². The summed E-state index contributed by atoms with van der Waals surface area (Å²) in [6.07, 6.45) is -0.0202. The van der Waals surface area contributed by atoms with Gasteiger partial charge in [-0.3, -0.25) is 0 Å². The first-order chi connectivity index (χ1) is 9.26. The Balaban J connectivity index is 3.31. The van der Waals surface area contributed by atoms with Crippen LogP contribution in [0, 0.1) is 0 Å². The van der Waals surface area contributed by atoms with Crippen LogP contribution in [0.3, 0.4) is 0 Å². The maximum absolute atomic E-state index is 12.0. The number of nitrogens with one attached hydrogen (secondary N) is 1. The van der Waals surface area contributed by atoms with Gasteiger partial charge in [0.15, 0.2) is 0 Å². The van der Waals surface area contributed by atoms with E-state index in [0.29, 0.717) is 11.3 Å². The standard InChI is InChI=1S/C12H17NO3S.2ClH.Ru/c1-9(2)16-12-6-5-11(7-10(12)3)17(14,15)8-13-4;;;/h3,5-7,9,13H,8H2,1-2,4H3;2*1H;/q;;;+2/p-2. The Morgan fingerprint density at radius 1 is 1.40 bits per heavy atom. The van der Waals surface area contributed by atoms with E-state index in [1.54, 1.807) is 23.8 Å². The molecular formula is C12H17Cl2NO3RuS. The monoisotopic (exact) mass is 427 g/mol. The van der Waals surface area contributed by atoms with Crippen molar-refractivity contribution in [1.29, 1.82) is 0 Å². The van der Waals surface area contributed by atoms with E-state index in [-0.39, 0.29) is 16.9 Å². The van der Waals surface area contributed by atoms with Crippen LogP contribution in [0.25, 0.3) is 0 Å². The minimum atomic E-state index is -3.37. The van der Waals surface area contributed by atoms with E-state index in [1.807, 2.05) is 13.8 Å². The SMILES string of the molecule is CNCS(=O)(=O)c1ccc(OC(C)C)c([CH]=[Ru]([Cl])[Cl])c1. The third-order valence-electron chi connectivity index (χ3n) is 2.22. The van der Waals surface area contributed by atoms with Gasteiger partial charge in [-0.1, -0.05) is 0 Å². The minimum absolute atomic E-state index is 0.0202. The van der Waals surface area contributed by atoms with Gasteiger partial charge in [-0.2, -0.15) is 0 Å². The predicted molar refractivity (Wildman–Crippen MR) is 80.2 cm³/mol. The Labute approximate surface area is 132 Å². The van der Waals surface area contributed by atoms with Crippen molar-refractivity contribution in [3.63, 3.8) is 0 Å². The summed E-state index contributed by atoms with van der Waals surface area (Å²) in [6.45, 7) is 3.79. The van der Waals surface area contributed by atoms with Crippen LogP contribution < -0.4 is 10.1 Å². The van der Waals surface area contributed by atoms with Gasteiger partial charge in [-0.05, 0) is 0 Å². The molecule has 0 aliphatic rings. The molecule has 0 fully saturated rings. The summed E-state index contributed by atoms with van der Waals surface area (Å²) in [6, 6.07) is 4.72. The Bertz CT molecular complexity index is 599. The van der Waals surface area contributed by atoms with Gasteiger partial charge >= 0.3 is 133 Å². The molecule has 0 atom stereocenters. The van der Waals surface area contributed by atoms with Crippen molar-refractivity contribution in [3.8, 4) is 5.75 Å². The van der Waals surface area contributed by atoms with Crippen molar-refractivity contribution < 1.29 is 26.7 Å². The second-order valence-corrected chi connectivity index (χ2v) is 12.0. The van der Waals surface area contributed by atoms with Gasteiger partial charge in [0.25, 0.3) is 0 Å². The molecule has 0 unspecified atom stereocenters. The molecule has 0 amide bonds. The van der Waals surface area contributed by atoms with Crippen molar-refractivity contribution in [1.82, 2.24) is 5.32 Å². The Kier molecular flexibility index (Phi) is 7.09. The molecule has 0 radical (unpaired) electrons. The normalized spacial score (nSPS) is 12.4. The molecular weight excluding hydrogens is 410 g/mol. The zero-order chi connectivity index (χ0) is 15.3. The molecule has 20 heavy (non-hydrogen) atoms. The van der Waals surface area contributed by atoms with Crippen LogP contribution >= 0.6 is 19.4 Å². The average Bonchev–Trinajstić information content (AvgIpc) is 2.29. The average molecular weight is 427 g/mol. The molecule has 0 saturated carbocycles. The first-order valence-electron chi connectivity index (χ1n) is 5.77. The molecule has 1 rings (SSSR count). The number of ether oxygens (including phenoxy) is 1. The molecule has 1 aromatic carbocycles. The molecule has 0 aliphatic heterocycles. The van der Waals surface area contributed by atoms with Crippen LogP contribution in [0.1, 0.15) is 19.4 Å². The molecule has 4 nitrogen and oxygen atoms in total. The Hall–Kier alpha value is 0.00338. The molecule has 0 aromatic heterocycles. The van der Waals surface area contributed by atoms with E-state index in [1.165, 1.54) is 6.07 Å². The molecule has 0 spiro atoms. The van der Waals surface area contributed by atoms with Crippen LogP contribution in [-0.4, -0.2) is 32.1 Å². The molecule has 0 aliphatic carbocycles.